The van der Waals surface area contributed by atoms with Gasteiger partial charge in [0.25, 0.3) is 0 Å². The smallest absolute Gasteiger partial charge is 0.249 e. The number of hydrogen-bond acceptors (Lipinski definition) is 3. The molecule has 1 aliphatic heterocycles. The highest BCUT2D eigenvalue weighted by Gasteiger charge is 2.27. The number of aliphatic imine (C=N–C) groups is 1. The number of halogens is 3. The van der Waals surface area contributed by atoms with E-state index in [1.54, 1.807) is 12.1 Å². The normalized spacial score (nSPS) is 13.3. The number of rotatable bonds is 4. The third kappa shape index (κ3) is 4.68. The Kier molecular flexibility index (Phi) is 6.15. The molecule has 0 aromatic heterocycles. The Balaban J connectivity index is 1.66. The molecule has 0 saturated heterocycles. The second-order valence-electron chi connectivity index (χ2n) is 6.84. The zero-order valence-electron chi connectivity index (χ0n) is 16.1. The molecule has 5 nitrogen and oxygen atoms in total. The van der Waals surface area contributed by atoms with Gasteiger partial charge >= 0.3 is 0 Å². The van der Waals surface area contributed by atoms with Gasteiger partial charge in [-0.05, 0) is 36.4 Å². The first-order valence-electron chi connectivity index (χ1n) is 9.37. The average Bonchev–Trinajstić information content (AvgIpc) is 2.87. The van der Waals surface area contributed by atoms with Crippen LogP contribution in [0.25, 0.3) is 0 Å². The third-order valence-corrected chi connectivity index (χ3v) is 5.46. The standard InChI is InChI=1S/C23H16BrClFN3O2/c24-15-6-9-20-17(10-15)23(14-4-2-1-3-5-14)27-12-22(31)29(20)13-21(30)28-19-8-7-16(25)11-18(19)26/h1-11H,12-13H2,(H,28,30). The zero-order chi connectivity index (χ0) is 22.0. The van der Waals surface area contributed by atoms with E-state index >= 15 is 0 Å². The summed E-state index contributed by atoms with van der Waals surface area (Å²) in [7, 11) is 0. The molecular weight excluding hydrogens is 485 g/mol. The maximum absolute atomic E-state index is 14.1. The summed E-state index contributed by atoms with van der Waals surface area (Å²) in [6.07, 6.45) is 0. The van der Waals surface area contributed by atoms with Gasteiger partial charge in [0.15, 0.2) is 0 Å². The van der Waals surface area contributed by atoms with Gasteiger partial charge in [0.1, 0.15) is 18.9 Å². The van der Waals surface area contributed by atoms with E-state index in [0.717, 1.165) is 21.7 Å². The van der Waals surface area contributed by atoms with Crippen molar-refractivity contribution in [3.63, 3.8) is 0 Å². The fraction of sp³-hybridized carbons (Fsp3) is 0.0870. The molecule has 1 heterocycles. The Morgan fingerprint density at radius 2 is 1.90 bits per heavy atom. The Labute approximate surface area is 191 Å². The van der Waals surface area contributed by atoms with Gasteiger partial charge in [0.2, 0.25) is 11.8 Å². The maximum atomic E-state index is 14.1. The van der Waals surface area contributed by atoms with Gasteiger partial charge < -0.3 is 10.2 Å². The number of benzodiazepines with no additional fused rings is 1. The van der Waals surface area contributed by atoms with E-state index in [4.69, 9.17) is 11.6 Å². The highest BCUT2D eigenvalue weighted by molar-refractivity contribution is 9.10. The van der Waals surface area contributed by atoms with Crippen LogP contribution in [0.1, 0.15) is 11.1 Å². The molecular formula is C23H16BrClFN3O2. The van der Waals surface area contributed by atoms with Crippen molar-refractivity contribution in [1.82, 2.24) is 0 Å². The first kappa shape index (κ1) is 21.2. The lowest BCUT2D eigenvalue weighted by Crippen LogP contribution is -2.39. The third-order valence-electron chi connectivity index (χ3n) is 4.73. The lowest BCUT2D eigenvalue weighted by Gasteiger charge is -2.23. The molecule has 4 rings (SSSR count). The van der Waals surface area contributed by atoms with Crippen LogP contribution in [0, 0.1) is 5.82 Å². The summed E-state index contributed by atoms with van der Waals surface area (Å²) in [5.74, 6) is -1.52. The number of fused-ring (bicyclic) bond motifs is 1. The number of carbonyl (C=O) groups excluding carboxylic acids is 2. The van der Waals surface area contributed by atoms with Crippen molar-refractivity contribution in [2.75, 3.05) is 23.3 Å². The molecule has 3 aromatic carbocycles. The van der Waals surface area contributed by atoms with Crippen LogP contribution in [-0.4, -0.2) is 30.6 Å². The molecule has 0 atom stereocenters. The molecule has 0 spiro atoms. The molecule has 0 bridgehead atoms. The van der Waals surface area contributed by atoms with Crippen LogP contribution < -0.4 is 10.2 Å². The van der Waals surface area contributed by atoms with Gasteiger partial charge in [-0.1, -0.05) is 57.9 Å². The molecule has 8 heteroatoms. The second kappa shape index (κ2) is 8.99. The SMILES string of the molecule is O=C(CN1C(=O)CN=C(c2ccccc2)c2cc(Br)ccc21)Nc1ccc(Cl)cc1F. The molecule has 0 saturated carbocycles. The van der Waals surface area contributed by atoms with Gasteiger partial charge in [-0.3, -0.25) is 14.6 Å². The van der Waals surface area contributed by atoms with E-state index in [9.17, 15) is 14.0 Å². The number of nitrogens with zero attached hydrogens (tertiary/aromatic N) is 2. The maximum Gasteiger partial charge on any atom is 0.249 e. The summed E-state index contributed by atoms with van der Waals surface area (Å²) in [6, 6.07) is 18.9. The van der Waals surface area contributed by atoms with E-state index in [1.165, 1.54) is 17.0 Å². The van der Waals surface area contributed by atoms with Crippen LogP contribution in [0.4, 0.5) is 15.8 Å². The van der Waals surface area contributed by atoms with E-state index in [-0.39, 0.29) is 29.7 Å². The first-order chi connectivity index (χ1) is 14.9. The zero-order valence-corrected chi connectivity index (χ0v) is 18.5. The monoisotopic (exact) mass is 499 g/mol. The molecule has 3 aromatic rings. The molecule has 0 fully saturated rings. The summed E-state index contributed by atoms with van der Waals surface area (Å²) >= 11 is 9.23. The van der Waals surface area contributed by atoms with Crippen LogP contribution in [0.2, 0.25) is 5.02 Å². The molecule has 0 aliphatic carbocycles. The molecule has 2 amide bonds. The number of benzene rings is 3. The average molecular weight is 501 g/mol. The number of carbonyl (C=O) groups is 2. The molecule has 31 heavy (non-hydrogen) atoms. The summed E-state index contributed by atoms with van der Waals surface area (Å²) in [5.41, 5.74) is 2.80. The van der Waals surface area contributed by atoms with E-state index in [1.807, 2.05) is 36.4 Å². The Hall–Kier alpha value is -3.03. The lowest BCUT2D eigenvalue weighted by atomic mass is 10.0. The van der Waals surface area contributed by atoms with E-state index in [0.29, 0.717) is 11.4 Å². The number of amides is 2. The fourth-order valence-electron chi connectivity index (χ4n) is 3.33. The number of hydrogen-bond donors (Lipinski definition) is 1. The number of anilines is 2. The van der Waals surface area contributed by atoms with Crippen LogP contribution >= 0.6 is 27.5 Å². The molecule has 156 valence electrons. The quantitative estimate of drug-likeness (QED) is 0.544. The van der Waals surface area contributed by atoms with Crippen molar-refractivity contribution in [2.24, 2.45) is 4.99 Å². The van der Waals surface area contributed by atoms with Gasteiger partial charge in [-0.25, -0.2) is 4.39 Å². The van der Waals surface area contributed by atoms with Gasteiger partial charge in [-0.2, -0.15) is 0 Å². The van der Waals surface area contributed by atoms with Crippen molar-refractivity contribution < 1.29 is 14.0 Å². The highest BCUT2D eigenvalue weighted by atomic mass is 79.9. The Morgan fingerprint density at radius 1 is 1.13 bits per heavy atom. The van der Waals surface area contributed by atoms with Crippen molar-refractivity contribution in [3.8, 4) is 0 Å². The molecule has 1 aliphatic rings. The topological polar surface area (TPSA) is 61.8 Å². The summed E-state index contributed by atoms with van der Waals surface area (Å²) in [6.45, 7) is -0.397. The minimum atomic E-state index is -0.651. The predicted molar refractivity (Wildman–Crippen MR) is 123 cm³/mol. The Morgan fingerprint density at radius 3 is 2.65 bits per heavy atom. The highest BCUT2D eigenvalue weighted by Crippen LogP contribution is 2.30. The fourth-order valence-corrected chi connectivity index (χ4v) is 3.85. The van der Waals surface area contributed by atoms with Crippen molar-refractivity contribution in [1.29, 1.82) is 0 Å². The largest absolute Gasteiger partial charge is 0.322 e. The van der Waals surface area contributed by atoms with Gasteiger partial charge in [-0.15, -0.1) is 0 Å². The summed E-state index contributed by atoms with van der Waals surface area (Å²) < 4.78 is 14.9. The minimum Gasteiger partial charge on any atom is -0.322 e. The summed E-state index contributed by atoms with van der Waals surface area (Å²) in [4.78, 5) is 31.4. The van der Waals surface area contributed by atoms with Crippen LogP contribution in [0.3, 0.4) is 0 Å². The van der Waals surface area contributed by atoms with Gasteiger partial charge in [0.05, 0.1) is 17.1 Å². The van der Waals surface area contributed by atoms with Crippen molar-refractivity contribution >= 4 is 56.4 Å². The lowest BCUT2D eigenvalue weighted by molar-refractivity contribution is -0.120. The van der Waals surface area contributed by atoms with E-state index < -0.39 is 11.7 Å². The van der Waals surface area contributed by atoms with Gasteiger partial charge in [0, 0.05) is 20.6 Å². The summed E-state index contributed by atoms with van der Waals surface area (Å²) in [5, 5.41) is 2.72. The molecule has 0 unspecified atom stereocenters. The Bertz CT molecular complexity index is 1200. The molecule has 0 radical (unpaired) electrons. The van der Waals surface area contributed by atoms with Crippen LogP contribution in [-0.2, 0) is 9.59 Å². The van der Waals surface area contributed by atoms with Crippen LogP contribution in [0.5, 0.6) is 0 Å². The van der Waals surface area contributed by atoms with Crippen molar-refractivity contribution in [3.05, 3.63) is 93.2 Å². The first-order valence-corrected chi connectivity index (χ1v) is 10.5. The predicted octanol–water partition coefficient (Wildman–Crippen LogP) is 5.06. The molecule has 1 N–H and O–H groups in total. The second-order valence-corrected chi connectivity index (χ2v) is 8.20. The van der Waals surface area contributed by atoms with Crippen molar-refractivity contribution in [2.45, 2.75) is 0 Å². The van der Waals surface area contributed by atoms with Crippen LogP contribution in [0.15, 0.2) is 76.2 Å². The van der Waals surface area contributed by atoms with E-state index in [2.05, 4.69) is 26.2 Å². The number of nitrogens with one attached hydrogen (secondary N) is 1. The minimum absolute atomic E-state index is 0.00562.